The minimum Gasteiger partial charge on any atom is -0.386 e. The number of piperidine rings is 1. The van der Waals surface area contributed by atoms with E-state index in [2.05, 4.69) is 46.5 Å². The quantitative estimate of drug-likeness (QED) is 0.894. The van der Waals surface area contributed by atoms with Crippen LogP contribution in [-0.4, -0.2) is 53.6 Å². The Morgan fingerprint density at radius 1 is 1.27 bits per heavy atom. The summed E-state index contributed by atoms with van der Waals surface area (Å²) in [4.78, 5) is 23.4. The number of aryl methyl sites for hydroxylation is 1. The average molecular weight is 354 g/mol. The molecule has 1 saturated heterocycles. The van der Waals surface area contributed by atoms with Crippen LogP contribution in [-0.2, 0) is 11.2 Å². The second kappa shape index (κ2) is 8.27. The number of hydrogen-bond donors (Lipinski definition) is 1. The summed E-state index contributed by atoms with van der Waals surface area (Å²) in [5, 5.41) is 2.96. The van der Waals surface area contributed by atoms with E-state index >= 15 is 0 Å². The Balaban J connectivity index is 1.83. The highest BCUT2D eigenvalue weighted by Gasteiger charge is 2.35. The summed E-state index contributed by atoms with van der Waals surface area (Å²) in [6, 6.07) is 8.43. The third-order valence-corrected chi connectivity index (χ3v) is 4.98. The number of rotatable bonds is 5. The Morgan fingerprint density at radius 3 is 2.58 bits per heavy atom. The van der Waals surface area contributed by atoms with E-state index in [9.17, 15) is 4.79 Å². The molecule has 1 aromatic carbocycles. The maximum atomic E-state index is 13.0. The lowest BCUT2D eigenvalue weighted by Gasteiger charge is -2.40. The molecule has 2 aromatic rings. The fraction of sp³-hybridized carbons (Fsp3) is 0.450. The van der Waals surface area contributed by atoms with Crippen LogP contribution in [0.1, 0.15) is 34.6 Å². The first-order valence-corrected chi connectivity index (χ1v) is 9.01. The number of methoxy groups -OCH3 is 1. The maximum Gasteiger partial charge on any atom is 0.292 e. The van der Waals surface area contributed by atoms with Gasteiger partial charge in [0.2, 0.25) is 5.82 Å². The van der Waals surface area contributed by atoms with Crippen molar-refractivity contribution >= 4 is 11.6 Å². The van der Waals surface area contributed by atoms with Crippen molar-refractivity contribution in [2.24, 2.45) is 0 Å². The highest BCUT2D eigenvalue weighted by atomic mass is 16.5. The first kappa shape index (κ1) is 18.3. The molecular formula is C20H26N4O2. The number of likely N-dealkylation sites (tertiary alicyclic amines) is 1. The van der Waals surface area contributed by atoms with Gasteiger partial charge in [0, 0.05) is 20.7 Å². The van der Waals surface area contributed by atoms with Gasteiger partial charge in [0.05, 0.1) is 30.2 Å². The van der Waals surface area contributed by atoms with Crippen LogP contribution in [0.15, 0.2) is 36.7 Å². The molecule has 1 amide bonds. The van der Waals surface area contributed by atoms with E-state index in [1.807, 2.05) is 4.90 Å². The number of aromatic nitrogens is 2. The largest absolute Gasteiger partial charge is 0.386 e. The molecule has 6 nitrogen and oxygen atoms in total. The van der Waals surface area contributed by atoms with Gasteiger partial charge in [-0.15, -0.1) is 0 Å². The van der Waals surface area contributed by atoms with Crippen LogP contribution in [0.5, 0.6) is 0 Å². The molecule has 26 heavy (non-hydrogen) atoms. The van der Waals surface area contributed by atoms with Crippen molar-refractivity contribution in [3.05, 3.63) is 53.6 Å². The zero-order valence-electron chi connectivity index (χ0n) is 15.6. The first-order valence-electron chi connectivity index (χ1n) is 9.01. The van der Waals surface area contributed by atoms with Crippen LogP contribution in [0.2, 0.25) is 0 Å². The molecule has 0 aliphatic carbocycles. The van der Waals surface area contributed by atoms with Gasteiger partial charge in [0.25, 0.3) is 5.91 Å². The molecule has 0 unspecified atom stereocenters. The van der Waals surface area contributed by atoms with Crippen LogP contribution >= 0.6 is 0 Å². The molecular weight excluding hydrogens is 328 g/mol. The minimum atomic E-state index is -0.133. The molecule has 0 bridgehead atoms. The predicted molar refractivity (Wildman–Crippen MR) is 101 cm³/mol. The van der Waals surface area contributed by atoms with E-state index in [4.69, 9.17) is 4.74 Å². The van der Waals surface area contributed by atoms with Crippen molar-refractivity contribution in [2.45, 2.75) is 38.3 Å². The van der Waals surface area contributed by atoms with Crippen molar-refractivity contribution in [3.63, 3.8) is 0 Å². The number of carbonyl (C=O) groups is 1. The highest BCUT2D eigenvalue weighted by Crippen LogP contribution is 2.25. The van der Waals surface area contributed by atoms with Gasteiger partial charge in [0.15, 0.2) is 0 Å². The van der Waals surface area contributed by atoms with Crippen LogP contribution in [0.4, 0.5) is 5.69 Å². The first-order chi connectivity index (χ1) is 12.6. The van der Waals surface area contributed by atoms with Gasteiger partial charge in [-0.05, 0) is 31.7 Å². The number of anilines is 1. The molecule has 6 heteroatoms. The number of nitrogens with zero attached hydrogens (tertiary/aromatic N) is 3. The van der Waals surface area contributed by atoms with Crippen LogP contribution in [0.3, 0.4) is 0 Å². The summed E-state index contributed by atoms with van der Waals surface area (Å²) in [5.74, 6) is 0.0983. The zero-order valence-corrected chi connectivity index (χ0v) is 15.6. The lowest BCUT2D eigenvalue weighted by Crippen LogP contribution is -2.53. The normalized spacial score (nSPS) is 20.0. The predicted octanol–water partition coefficient (Wildman–Crippen LogP) is 2.69. The van der Waals surface area contributed by atoms with Crippen molar-refractivity contribution in [3.8, 4) is 0 Å². The van der Waals surface area contributed by atoms with E-state index in [1.54, 1.807) is 26.6 Å². The average Bonchev–Trinajstić information content (AvgIpc) is 2.69. The summed E-state index contributed by atoms with van der Waals surface area (Å²) in [5.41, 5.74) is 3.21. The zero-order chi connectivity index (χ0) is 18.5. The number of amides is 1. The summed E-state index contributed by atoms with van der Waals surface area (Å²) in [6.45, 7) is 2.77. The van der Waals surface area contributed by atoms with Crippen LogP contribution in [0.25, 0.3) is 0 Å². The number of nitrogens with one attached hydrogen (secondary N) is 1. The lowest BCUT2D eigenvalue weighted by molar-refractivity contribution is -0.0122. The van der Waals surface area contributed by atoms with E-state index in [0.717, 1.165) is 24.9 Å². The number of benzene rings is 1. The second-order valence-electron chi connectivity index (χ2n) is 6.72. The number of hydrogen-bond acceptors (Lipinski definition) is 5. The minimum absolute atomic E-state index is 0.0171. The molecule has 1 aliphatic rings. The third-order valence-electron chi connectivity index (χ3n) is 4.98. The second-order valence-corrected chi connectivity index (χ2v) is 6.72. The molecule has 1 aliphatic heterocycles. The summed E-state index contributed by atoms with van der Waals surface area (Å²) in [7, 11) is 3.52. The Labute approximate surface area is 154 Å². The Bertz CT molecular complexity index is 730. The standard InChI is InChI=1S/C20H26N4O2/c1-14-6-8-15(9-7-14)11-17-18(26-3)5-4-10-24(17)20(25)19-22-12-16(21-2)13-23-19/h6-9,12-13,17-18,21H,4-5,10-11H2,1-3H3/t17-,18-/m0/s1. The number of ether oxygens (including phenoxy) is 1. The van der Waals surface area contributed by atoms with Crippen molar-refractivity contribution in [1.29, 1.82) is 0 Å². The molecule has 0 spiro atoms. The highest BCUT2D eigenvalue weighted by molar-refractivity contribution is 5.91. The fourth-order valence-electron chi connectivity index (χ4n) is 3.45. The van der Waals surface area contributed by atoms with Gasteiger partial charge >= 0.3 is 0 Å². The van der Waals surface area contributed by atoms with Crippen molar-refractivity contribution in [2.75, 3.05) is 26.0 Å². The smallest absolute Gasteiger partial charge is 0.292 e. The van der Waals surface area contributed by atoms with E-state index in [0.29, 0.717) is 6.54 Å². The number of carbonyl (C=O) groups excluding carboxylic acids is 1. The Hall–Kier alpha value is -2.47. The lowest BCUT2D eigenvalue weighted by atomic mass is 9.92. The molecule has 2 atom stereocenters. The van der Waals surface area contributed by atoms with E-state index < -0.39 is 0 Å². The van der Waals surface area contributed by atoms with Crippen molar-refractivity contribution < 1.29 is 9.53 Å². The van der Waals surface area contributed by atoms with Gasteiger partial charge in [-0.25, -0.2) is 9.97 Å². The van der Waals surface area contributed by atoms with E-state index in [1.165, 1.54) is 11.1 Å². The molecule has 0 radical (unpaired) electrons. The molecule has 1 N–H and O–H groups in total. The van der Waals surface area contributed by atoms with Gasteiger partial charge in [-0.1, -0.05) is 29.8 Å². The molecule has 3 rings (SSSR count). The van der Waals surface area contributed by atoms with E-state index in [-0.39, 0.29) is 23.9 Å². The molecule has 1 fully saturated rings. The SMILES string of the molecule is CNc1cnc(C(=O)N2CCC[C@H](OC)[C@@H]2Cc2ccc(C)cc2)nc1. The monoisotopic (exact) mass is 354 g/mol. The van der Waals surface area contributed by atoms with Gasteiger partial charge < -0.3 is 15.0 Å². The summed E-state index contributed by atoms with van der Waals surface area (Å²) >= 11 is 0. The Morgan fingerprint density at radius 2 is 1.96 bits per heavy atom. The summed E-state index contributed by atoms with van der Waals surface area (Å²) < 4.78 is 5.71. The third kappa shape index (κ3) is 4.02. The van der Waals surface area contributed by atoms with Crippen LogP contribution < -0.4 is 5.32 Å². The molecule has 138 valence electrons. The van der Waals surface area contributed by atoms with Crippen LogP contribution in [0, 0.1) is 6.92 Å². The Kier molecular flexibility index (Phi) is 5.83. The maximum absolute atomic E-state index is 13.0. The van der Waals surface area contributed by atoms with Gasteiger partial charge in [-0.3, -0.25) is 4.79 Å². The van der Waals surface area contributed by atoms with Gasteiger partial charge in [-0.2, -0.15) is 0 Å². The fourth-order valence-corrected chi connectivity index (χ4v) is 3.45. The van der Waals surface area contributed by atoms with Gasteiger partial charge in [0.1, 0.15) is 0 Å². The molecule has 0 saturated carbocycles. The van der Waals surface area contributed by atoms with Crippen molar-refractivity contribution in [1.82, 2.24) is 14.9 Å². The molecule has 2 heterocycles. The molecule has 1 aromatic heterocycles. The summed E-state index contributed by atoms with van der Waals surface area (Å²) in [6.07, 6.45) is 5.92. The topological polar surface area (TPSA) is 67.4 Å².